The fourth-order valence-electron chi connectivity index (χ4n) is 1.81. The van der Waals surface area contributed by atoms with Gasteiger partial charge in [0.2, 0.25) is 10.0 Å². The maximum atomic E-state index is 12.5. The fraction of sp³-hybridized carbons (Fsp3) is 0.200. The lowest BCUT2D eigenvalue weighted by Crippen LogP contribution is -2.22. The van der Waals surface area contributed by atoms with E-state index in [2.05, 4.69) is 10.3 Å². The second kappa shape index (κ2) is 6.81. The van der Waals surface area contributed by atoms with Gasteiger partial charge in [-0.15, -0.1) is 0 Å². The van der Waals surface area contributed by atoms with Crippen LogP contribution in [0.25, 0.3) is 0 Å². The molecular formula is C15H14F3N3O3S. The first-order chi connectivity index (χ1) is 11.5. The summed E-state index contributed by atoms with van der Waals surface area (Å²) < 4.78 is 62.3. The number of hydrogen-bond acceptors (Lipinski definition) is 4. The molecule has 0 saturated carbocycles. The molecule has 10 heteroatoms. The number of carbonyl (C=O) groups excluding carboxylic acids is 1. The van der Waals surface area contributed by atoms with Crippen molar-refractivity contribution in [2.24, 2.45) is 0 Å². The topological polar surface area (TPSA) is 79.4 Å². The molecule has 134 valence electrons. The van der Waals surface area contributed by atoms with E-state index in [-0.39, 0.29) is 16.3 Å². The van der Waals surface area contributed by atoms with Crippen LogP contribution in [0.4, 0.5) is 19.0 Å². The zero-order valence-corrected chi connectivity index (χ0v) is 14.0. The number of benzene rings is 1. The molecule has 0 fully saturated rings. The van der Waals surface area contributed by atoms with Crippen LogP contribution < -0.4 is 5.32 Å². The number of nitrogens with zero attached hydrogens (tertiary/aromatic N) is 2. The van der Waals surface area contributed by atoms with Crippen molar-refractivity contribution in [1.82, 2.24) is 9.29 Å². The van der Waals surface area contributed by atoms with Crippen LogP contribution in [0.1, 0.15) is 15.9 Å². The van der Waals surface area contributed by atoms with Gasteiger partial charge in [-0.2, -0.15) is 13.2 Å². The smallest absolute Gasteiger partial charge is 0.307 e. The second-order valence-corrected chi connectivity index (χ2v) is 7.35. The number of nitrogens with one attached hydrogen (secondary N) is 1. The van der Waals surface area contributed by atoms with E-state index in [1.165, 1.54) is 38.4 Å². The Bertz CT molecular complexity index is 862. The number of pyridine rings is 1. The van der Waals surface area contributed by atoms with Gasteiger partial charge in [0.25, 0.3) is 5.91 Å². The molecule has 0 aliphatic rings. The maximum Gasteiger partial charge on any atom is 0.417 e. The van der Waals surface area contributed by atoms with E-state index in [1.54, 1.807) is 0 Å². The van der Waals surface area contributed by atoms with Crippen LogP contribution in [-0.2, 0) is 16.2 Å². The molecule has 0 atom stereocenters. The van der Waals surface area contributed by atoms with Crippen LogP contribution in [-0.4, -0.2) is 37.7 Å². The van der Waals surface area contributed by atoms with Crippen molar-refractivity contribution in [1.29, 1.82) is 0 Å². The van der Waals surface area contributed by atoms with Gasteiger partial charge in [0.15, 0.2) is 0 Å². The first-order valence-electron chi connectivity index (χ1n) is 6.89. The zero-order valence-electron chi connectivity index (χ0n) is 13.2. The Kier molecular flexibility index (Phi) is 5.14. The number of alkyl halides is 3. The summed E-state index contributed by atoms with van der Waals surface area (Å²) in [6.45, 7) is 0. The van der Waals surface area contributed by atoms with Gasteiger partial charge in [0, 0.05) is 25.9 Å². The van der Waals surface area contributed by atoms with E-state index < -0.39 is 27.7 Å². The Balaban J connectivity index is 2.14. The van der Waals surface area contributed by atoms with Gasteiger partial charge >= 0.3 is 6.18 Å². The minimum absolute atomic E-state index is 0.0155. The van der Waals surface area contributed by atoms with Crippen molar-refractivity contribution < 1.29 is 26.4 Å². The van der Waals surface area contributed by atoms with Crippen LogP contribution in [0.2, 0.25) is 0 Å². The Labute approximate surface area is 142 Å². The molecule has 1 aromatic heterocycles. The van der Waals surface area contributed by atoms with Crippen molar-refractivity contribution in [2.45, 2.75) is 11.1 Å². The lowest BCUT2D eigenvalue weighted by Gasteiger charge is -2.11. The summed E-state index contributed by atoms with van der Waals surface area (Å²) in [6, 6.07) is 6.97. The first-order valence-corrected chi connectivity index (χ1v) is 8.33. The van der Waals surface area contributed by atoms with Crippen LogP contribution in [0.5, 0.6) is 0 Å². The fourth-order valence-corrected chi connectivity index (χ4v) is 2.71. The molecule has 1 heterocycles. The molecule has 1 amide bonds. The van der Waals surface area contributed by atoms with Crippen molar-refractivity contribution in [2.75, 3.05) is 19.4 Å². The highest BCUT2D eigenvalue weighted by Crippen LogP contribution is 2.28. The molecule has 2 aromatic rings. The molecule has 0 spiro atoms. The molecule has 0 aliphatic carbocycles. The van der Waals surface area contributed by atoms with Gasteiger partial charge in [-0.05, 0) is 36.4 Å². The van der Waals surface area contributed by atoms with Crippen LogP contribution in [0.3, 0.4) is 0 Å². The largest absolute Gasteiger partial charge is 0.417 e. The standard InChI is InChI=1S/C15H14F3N3O3S/c1-21(2)25(23,24)12-6-3-10(4-7-12)14(22)20-13-8-5-11(9-19-13)15(16,17)18/h3-9H,1-2H3,(H,19,20,22). The second-order valence-electron chi connectivity index (χ2n) is 5.20. The summed E-state index contributed by atoms with van der Waals surface area (Å²) in [5, 5.41) is 2.34. The van der Waals surface area contributed by atoms with E-state index >= 15 is 0 Å². The molecule has 0 aliphatic heterocycles. The van der Waals surface area contributed by atoms with E-state index in [0.29, 0.717) is 6.20 Å². The number of halogens is 3. The number of aromatic nitrogens is 1. The third-order valence-corrected chi connectivity index (χ3v) is 5.06. The molecule has 1 N–H and O–H groups in total. The van der Waals surface area contributed by atoms with Crippen molar-refractivity contribution in [3.8, 4) is 0 Å². The molecule has 0 radical (unpaired) electrons. The van der Waals surface area contributed by atoms with Gasteiger partial charge in [-0.3, -0.25) is 4.79 Å². The molecule has 6 nitrogen and oxygen atoms in total. The third kappa shape index (κ3) is 4.34. The van der Waals surface area contributed by atoms with E-state index in [4.69, 9.17) is 0 Å². The monoisotopic (exact) mass is 373 g/mol. The van der Waals surface area contributed by atoms with Crippen LogP contribution in [0.15, 0.2) is 47.5 Å². The van der Waals surface area contributed by atoms with E-state index in [1.807, 2.05) is 0 Å². The Morgan fingerprint density at radius 1 is 1.08 bits per heavy atom. The number of carbonyl (C=O) groups is 1. The summed E-state index contributed by atoms with van der Waals surface area (Å²) in [6.07, 6.45) is -3.90. The highest BCUT2D eigenvalue weighted by Gasteiger charge is 2.30. The molecule has 0 unspecified atom stereocenters. The van der Waals surface area contributed by atoms with Crippen LogP contribution in [0, 0.1) is 0 Å². The molecule has 0 bridgehead atoms. The van der Waals surface area contributed by atoms with E-state index in [9.17, 15) is 26.4 Å². The zero-order chi connectivity index (χ0) is 18.8. The van der Waals surface area contributed by atoms with Gasteiger partial charge in [-0.25, -0.2) is 17.7 Å². The summed E-state index contributed by atoms with van der Waals surface area (Å²) in [5.74, 6) is -0.677. The highest BCUT2D eigenvalue weighted by atomic mass is 32.2. The van der Waals surface area contributed by atoms with Gasteiger partial charge in [0.1, 0.15) is 5.82 Å². The highest BCUT2D eigenvalue weighted by molar-refractivity contribution is 7.89. The number of anilines is 1. The summed E-state index contributed by atoms with van der Waals surface area (Å²) in [4.78, 5) is 15.6. The number of amides is 1. The Hall–Kier alpha value is -2.46. The van der Waals surface area contributed by atoms with Gasteiger partial charge in [0.05, 0.1) is 10.5 Å². The predicted octanol–water partition coefficient (Wildman–Crippen LogP) is 2.60. The molecule has 0 saturated heterocycles. The lowest BCUT2D eigenvalue weighted by atomic mass is 10.2. The lowest BCUT2D eigenvalue weighted by molar-refractivity contribution is -0.137. The molecule has 25 heavy (non-hydrogen) atoms. The molecule has 1 aromatic carbocycles. The van der Waals surface area contributed by atoms with Crippen LogP contribution >= 0.6 is 0 Å². The van der Waals surface area contributed by atoms with Gasteiger partial charge in [-0.1, -0.05) is 0 Å². The average molecular weight is 373 g/mol. The van der Waals surface area contributed by atoms with Gasteiger partial charge < -0.3 is 5.32 Å². The van der Waals surface area contributed by atoms with E-state index in [0.717, 1.165) is 16.4 Å². The minimum Gasteiger partial charge on any atom is -0.307 e. The predicted molar refractivity (Wildman–Crippen MR) is 84.5 cm³/mol. The Morgan fingerprint density at radius 3 is 2.12 bits per heavy atom. The Morgan fingerprint density at radius 2 is 1.68 bits per heavy atom. The van der Waals surface area contributed by atoms with Crippen molar-refractivity contribution >= 4 is 21.7 Å². The number of hydrogen-bond donors (Lipinski definition) is 1. The number of sulfonamides is 1. The van der Waals surface area contributed by atoms with Crippen molar-refractivity contribution in [3.63, 3.8) is 0 Å². The van der Waals surface area contributed by atoms with Crippen molar-refractivity contribution in [3.05, 3.63) is 53.7 Å². The first kappa shape index (κ1) is 18.9. The molecule has 2 rings (SSSR count). The SMILES string of the molecule is CN(C)S(=O)(=O)c1ccc(C(=O)Nc2ccc(C(F)(F)F)cn2)cc1. The third-order valence-electron chi connectivity index (χ3n) is 3.23. The summed E-state index contributed by atoms with van der Waals surface area (Å²) in [5.41, 5.74) is -0.789. The minimum atomic E-state index is -4.51. The normalized spacial score (nSPS) is 12.2. The molecular weight excluding hydrogens is 359 g/mol. The maximum absolute atomic E-state index is 12.5. The quantitative estimate of drug-likeness (QED) is 0.894. The number of rotatable bonds is 4. The summed E-state index contributed by atoms with van der Waals surface area (Å²) >= 11 is 0. The average Bonchev–Trinajstić information content (AvgIpc) is 2.54. The summed E-state index contributed by atoms with van der Waals surface area (Å²) in [7, 11) is -0.852.